The Bertz CT molecular complexity index is 393. The summed E-state index contributed by atoms with van der Waals surface area (Å²) in [5.41, 5.74) is 0.306. The zero-order chi connectivity index (χ0) is 10.4. The van der Waals surface area contributed by atoms with Crippen LogP contribution in [0.3, 0.4) is 0 Å². The molecule has 0 radical (unpaired) electrons. The van der Waals surface area contributed by atoms with Crippen molar-refractivity contribution in [3.8, 4) is 11.8 Å². The number of hydrogen-bond acceptors (Lipinski definition) is 4. The number of nitro groups is 1. The highest BCUT2D eigenvalue weighted by Crippen LogP contribution is 2.09. The van der Waals surface area contributed by atoms with E-state index in [4.69, 9.17) is 5.11 Å². The first-order valence-electron chi connectivity index (χ1n) is 3.94. The lowest BCUT2D eigenvalue weighted by Crippen LogP contribution is -1.90. The maximum atomic E-state index is 10.4. The van der Waals surface area contributed by atoms with E-state index in [1.807, 2.05) is 0 Å². The molecule has 0 aromatic carbocycles. The van der Waals surface area contributed by atoms with E-state index in [1.165, 1.54) is 18.3 Å². The van der Waals surface area contributed by atoms with Crippen molar-refractivity contribution in [2.75, 3.05) is 6.61 Å². The Balaban J connectivity index is 2.85. The molecule has 14 heavy (non-hydrogen) atoms. The first kappa shape index (κ1) is 10.2. The molecule has 0 spiro atoms. The molecule has 1 rings (SSSR count). The van der Waals surface area contributed by atoms with Gasteiger partial charge < -0.3 is 5.11 Å². The van der Waals surface area contributed by atoms with E-state index in [-0.39, 0.29) is 12.3 Å². The standard InChI is InChI=1S/C9H8N2O3/c12-6-2-1-3-8-7-9(11(13)14)4-5-10-8/h4-5,7,12H,2,6H2. The second-order valence-corrected chi connectivity index (χ2v) is 2.43. The quantitative estimate of drug-likeness (QED) is 0.425. The Hall–Kier alpha value is -1.93. The molecule has 0 aliphatic rings. The molecule has 1 N–H and O–H groups in total. The van der Waals surface area contributed by atoms with Gasteiger partial charge in [0, 0.05) is 18.7 Å². The van der Waals surface area contributed by atoms with E-state index in [0.29, 0.717) is 12.1 Å². The molecule has 0 fully saturated rings. The van der Waals surface area contributed by atoms with Gasteiger partial charge in [0.25, 0.3) is 5.69 Å². The van der Waals surface area contributed by atoms with Crippen LogP contribution >= 0.6 is 0 Å². The van der Waals surface area contributed by atoms with E-state index < -0.39 is 4.92 Å². The number of pyridine rings is 1. The largest absolute Gasteiger partial charge is 0.395 e. The van der Waals surface area contributed by atoms with Gasteiger partial charge in [-0.15, -0.1) is 0 Å². The summed E-state index contributed by atoms with van der Waals surface area (Å²) in [6, 6.07) is 2.60. The molecule has 1 aromatic rings. The predicted octanol–water partition coefficient (Wildman–Crippen LogP) is 0.724. The first-order valence-corrected chi connectivity index (χ1v) is 3.94. The van der Waals surface area contributed by atoms with Crippen LogP contribution in [-0.2, 0) is 0 Å². The van der Waals surface area contributed by atoms with Gasteiger partial charge in [-0.3, -0.25) is 10.1 Å². The van der Waals surface area contributed by atoms with Gasteiger partial charge >= 0.3 is 0 Å². The highest BCUT2D eigenvalue weighted by atomic mass is 16.6. The van der Waals surface area contributed by atoms with Crippen molar-refractivity contribution in [1.82, 2.24) is 4.98 Å². The average molecular weight is 192 g/mol. The first-order chi connectivity index (χ1) is 6.74. The highest BCUT2D eigenvalue weighted by molar-refractivity contribution is 5.37. The molecule has 0 bridgehead atoms. The number of aliphatic hydroxyl groups is 1. The molecule has 1 aromatic heterocycles. The molecule has 0 aliphatic heterocycles. The summed E-state index contributed by atoms with van der Waals surface area (Å²) >= 11 is 0. The van der Waals surface area contributed by atoms with Crippen LogP contribution in [0.2, 0.25) is 0 Å². The molecule has 0 unspecified atom stereocenters. The van der Waals surface area contributed by atoms with Crippen LogP contribution < -0.4 is 0 Å². The minimum atomic E-state index is -0.501. The van der Waals surface area contributed by atoms with Crippen molar-refractivity contribution < 1.29 is 10.0 Å². The van der Waals surface area contributed by atoms with E-state index in [2.05, 4.69) is 16.8 Å². The fourth-order valence-corrected chi connectivity index (χ4v) is 0.810. The molecule has 72 valence electrons. The van der Waals surface area contributed by atoms with Crippen LogP contribution in [0.1, 0.15) is 12.1 Å². The predicted molar refractivity (Wildman–Crippen MR) is 49.5 cm³/mol. The summed E-state index contributed by atoms with van der Waals surface area (Å²) in [5, 5.41) is 18.8. The van der Waals surface area contributed by atoms with Crippen molar-refractivity contribution in [2.24, 2.45) is 0 Å². The topological polar surface area (TPSA) is 76.3 Å². The van der Waals surface area contributed by atoms with Gasteiger partial charge in [-0.2, -0.15) is 0 Å². The van der Waals surface area contributed by atoms with Gasteiger partial charge in [0.05, 0.1) is 17.6 Å². The van der Waals surface area contributed by atoms with E-state index >= 15 is 0 Å². The van der Waals surface area contributed by atoms with E-state index in [0.717, 1.165) is 0 Å². The summed E-state index contributed by atoms with van der Waals surface area (Å²) < 4.78 is 0. The number of hydrogen-bond donors (Lipinski definition) is 1. The average Bonchev–Trinajstić information content (AvgIpc) is 2.19. The third kappa shape index (κ3) is 2.84. The fourth-order valence-electron chi connectivity index (χ4n) is 0.810. The minimum absolute atomic E-state index is 0.0259. The third-order valence-electron chi connectivity index (χ3n) is 1.41. The van der Waals surface area contributed by atoms with Gasteiger partial charge in [0.15, 0.2) is 0 Å². The summed E-state index contributed by atoms with van der Waals surface area (Å²) in [6.07, 6.45) is 1.67. The molecule has 0 atom stereocenters. The number of rotatable bonds is 2. The van der Waals surface area contributed by atoms with Crippen LogP contribution in [0.5, 0.6) is 0 Å². The monoisotopic (exact) mass is 192 g/mol. The second kappa shape index (κ2) is 4.94. The summed E-state index contributed by atoms with van der Waals surface area (Å²) in [6.45, 7) is -0.0259. The summed E-state index contributed by atoms with van der Waals surface area (Å²) in [7, 11) is 0. The lowest BCUT2D eigenvalue weighted by Gasteiger charge is -1.90. The molecule has 5 heteroatoms. The van der Waals surface area contributed by atoms with Gasteiger partial charge in [0.2, 0.25) is 0 Å². The Morgan fingerprint density at radius 2 is 2.43 bits per heavy atom. The third-order valence-corrected chi connectivity index (χ3v) is 1.41. The number of aromatic nitrogens is 1. The SMILES string of the molecule is O=[N+]([O-])c1ccnc(C#CCCO)c1. The van der Waals surface area contributed by atoms with Crippen molar-refractivity contribution in [2.45, 2.75) is 6.42 Å². The minimum Gasteiger partial charge on any atom is -0.395 e. The molecule has 0 aliphatic carbocycles. The van der Waals surface area contributed by atoms with Crippen molar-refractivity contribution in [3.05, 3.63) is 34.1 Å². The molecular weight excluding hydrogens is 184 g/mol. The Morgan fingerprint density at radius 1 is 1.64 bits per heavy atom. The normalized spacial score (nSPS) is 8.93. The molecule has 0 saturated heterocycles. The Kier molecular flexibility index (Phi) is 3.58. The van der Waals surface area contributed by atoms with Crippen LogP contribution in [0.4, 0.5) is 5.69 Å². The number of nitrogens with zero attached hydrogens (tertiary/aromatic N) is 2. The molecule has 0 amide bonds. The molecular formula is C9H8N2O3. The van der Waals surface area contributed by atoms with Gasteiger partial charge in [-0.05, 0) is 5.92 Å². The zero-order valence-corrected chi connectivity index (χ0v) is 7.30. The van der Waals surface area contributed by atoms with Crippen LogP contribution in [-0.4, -0.2) is 21.6 Å². The van der Waals surface area contributed by atoms with Gasteiger partial charge in [-0.25, -0.2) is 4.98 Å². The Morgan fingerprint density at radius 3 is 3.07 bits per heavy atom. The van der Waals surface area contributed by atoms with Crippen LogP contribution in [0.25, 0.3) is 0 Å². The summed E-state index contributed by atoms with van der Waals surface area (Å²) in [5.74, 6) is 5.25. The summed E-state index contributed by atoms with van der Waals surface area (Å²) in [4.78, 5) is 13.7. The fraction of sp³-hybridized carbons (Fsp3) is 0.222. The molecule has 1 heterocycles. The van der Waals surface area contributed by atoms with Crippen molar-refractivity contribution in [3.63, 3.8) is 0 Å². The number of aliphatic hydroxyl groups excluding tert-OH is 1. The van der Waals surface area contributed by atoms with Crippen LogP contribution in [0.15, 0.2) is 18.3 Å². The highest BCUT2D eigenvalue weighted by Gasteiger charge is 2.04. The molecule has 0 saturated carbocycles. The van der Waals surface area contributed by atoms with Crippen molar-refractivity contribution >= 4 is 5.69 Å². The lowest BCUT2D eigenvalue weighted by atomic mass is 10.3. The van der Waals surface area contributed by atoms with Crippen molar-refractivity contribution in [1.29, 1.82) is 0 Å². The maximum Gasteiger partial charge on any atom is 0.273 e. The Labute approximate surface area is 80.6 Å². The van der Waals surface area contributed by atoms with Gasteiger partial charge in [0.1, 0.15) is 5.69 Å². The van der Waals surface area contributed by atoms with E-state index in [1.54, 1.807) is 0 Å². The molecule has 5 nitrogen and oxygen atoms in total. The van der Waals surface area contributed by atoms with E-state index in [9.17, 15) is 10.1 Å². The zero-order valence-electron chi connectivity index (χ0n) is 7.30. The smallest absolute Gasteiger partial charge is 0.273 e. The maximum absolute atomic E-state index is 10.4. The second-order valence-electron chi connectivity index (χ2n) is 2.43. The van der Waals surface area contributed by atoms with Crippen LogP contribution in [0, 0.1) is 22.0 Å². The lowest BCUT2D eigenvalue weighted by molar-refractivity contribution is -0.385. The van der Waals surface area contributed by atoms with Gasteiger partial charge in [-0.1, -0.05) is 5.92 Å².